The van der Waals surface area contributed by atoms with E-state index in [1.165, 1.54) is 48.5 Å². The van der Waals surface area contributed by atoms with Crippen molar-refractivity contribution in [3.05, 3.63) is 399 Å². The summed E-state index contributed by atoms with van der Waals surface area (Å²) >= 11 is 8.98. The summed E-state index contributed by atoms with van der Waals surface area (Å²) in [5.41, 5.74) is 10.0. The maximum absolute atomic E-state index is 13.0. The van der Waals surface area contributed by atoms with Gasteiger partial charge >= 0.3 is 24.8 Å². The molecule has 16 aromatic rings. The first-order valence-corrected chi connectivity index (χ1v) is 35.0. The number of aromatic nitrogens is 4. The smallest absolute Gasteiger partial charge is 0.211 e. The molecule has 0 saturated heterocycles. The minimum Gasteiger partial charge on any atom is -0.457 e. The van der Waals surface area contributed by atoms with E-state index in [4.69, 9.17) is 45.2 Å². The summed E-state index contributed by atoms with van der Waals surface area (Å²) in [5, 5.41) is 4.17. The van der Waals surface area contributed by atoms with E-state index in [-0.39, 0.29) is 23.3 Å². The Kier molecular flexibility index (Phi) is 26.0. The molecule has 0 aliphatic carbocycles. The number of hydrogen-bond donors (Lipinski definition) is 2. The zero-order valence-corrected chi connectivity index (χ0v) is 61.5. The Morgan fingerprint density at radius 2 is 0.759 bits per heavy atom. The van der Waals surface area contributed by atoms with Crippen LogP contribution in [0, 0.1) is 53.1 Å². The van der Waals surface area contributed by atoms with Gasteiger partial charge in [0, 0.05) is 55.3 Å². The topological polar surface area (TPSA) is 97.3 Å². The molecular formula is C87H57BBrF4IN9O4S. The van der Waals surface area contributed by atoms with Gasteiger partial charge in [-0.3, -0.25) is 0 Å². The number of benzene rings is 12. The van der Waals surface area contributed by atoms with Crippen LogP contribution in [0.25, 0.3) is 80.1 Å². The van der Waals surface area contributed by atoms with Gasteiger partial charge in [-0.2, -0.15) is 0 Å². The molecule has 0 saturated carbocycles. The Bertz CT molecular complexity index is 5910. The zero-order chi connectivity index (χ0) is 75.9. The third-order valence-electron chi connectivity index (χ3n) is 16.1. The molecular weight excluding hydrogens is 1560 g/mol. The predicted octanol–water partition coefficient (Wildman–Crippen LogP) is 27.0. The third-order valence-corrected chi connectivity index (χ3v) is 17.4. The molecule has 4 heterocycles. The number of fused-ring (bicyclic) bond motifs is 4. The largest absolute Gasteiger partial charge is 0.457 e. The van der Waals surface area contributed by atoms with E-state index in [2.05, 4.69) is 100 Å². The van der Waals surface area contributed by atoms with Crippen molar-refractivity contribution in [2.24, 2.45) is 4.30 Å². The van der Waals surface area contributed by atoms with Crippen LogP contribution >= 0.6 is 51.3 Å². The number of thiol groups is 1. The monoisotopic (exact) mass is 1620 g/mol. The first-order valence-electron chi connectivity index (χ1n) is 32.7. The van der Waals surface area contributed by atoms with Crippen molar-refractivity contribution in [2.45, 2.75) is 6.42 Å². The van der Waals surface area contributed by atoms with Crippen LogP contribution in [0.5, 0.6) is 46.0 Å². The summed E-state index contributed by atoms with van der Waals surface area (Å²) in [7, 11) is 4.34. The van der Waals surface area contributed by atoms with Crippen molar-refractivity contribution in [3.8, 4) is 63.1 Å². The number of aromatic amines is 1. The Balaban J connectivity index is 0.000000137. The second-order valence-electron chi connectivity index (χ2n) is 23.1. The van der Waals surface area contributed by atoms with Gasteiger partial charge in [0.2, 0.25) is 22.7 Å². The standard InChI is InChI=1S/C24H17FN2O.C21H12BrFN2O.C21H13FN2O.C12H8FIO.C9H6N2.BHNS/c1-3-5-17-16-27(24-22(17)6-4-7-23(24)26-2)19-10-14-21(15-11-19)28-20-12-8-18(25)9-13-20;1-24-20-4-2-3-18-19(22)13-25(21(18)20)15-7-11-17(12-8-15)26-16-9-5-14(23)6-10-16;1-23-20-4-2-3-15-13-14-24(21(15)20)17-7-11-19(12-8-17)25-18-9-5-16(22)6-10-18;13-9-1-5-11(6-2-9)15-12-7-3-10(14)4-8-12;1-10-8-4-2-3-7-5-6-11-9(7)8;1-2-3/h3-4,6-16H,1,5H2;2-13H;2-14H;1-8H;2-6,11H;3H. The van der Waals surface area contributed by atoms with Crippen LogP contribution in [0.15, 0.2) is 325 Å². The molecule has 12 aromatic carbocycles. The third kappa shape index (κ3) is 19.4. The van der Waals surface area contributed by atoms with Crippen molar-refractivity contribution >= 4 is 125 Å². The van der Waals surface area contributed by atoms with Crippen molar-refractivity contribution in [2.75, 3.05) is 0 Å². The predicted molar refractivity (Wildman–Crippen MR) is 437 cm³/mol. The number of nitrogens with zero attached hydrogens (tertiary/aromatic N) is 8. The number of hydrogen-bond acceptors (Lipinski definition) is 6. The molecule has 0 spiro atoms. The summed E-state index contributed by atoms with van der Waals surface area (Å²) in [6, 6.07) is 80.8. The molecule has 0 unspecified atom stereocenters. The molecule has 1 radical (unpaired) electrons. The van der Waals surface area contributed by atoms with Gasteiger partial charge < -0.3 is 37.6 Å². The molecule has 108 heavy (non-hydrogen) atoms. The average Bonchev–Trinajstić information content (AvgIpc) is 1.64. The first kappa shape index (κ1) is 76.0. The molecule has 0 bridgehead atoms. The summed E-state index contributed by atoms with van der Waals surface area (Å²) < 4.78 is 85.1. The van der Waals surface area contributed by atoms with Gasteiger partial charge in [-0.05, 0) is 273 Å². The fourth-order valence-corrected chi connectivity index (χ4v) is 12.1. The van der Waals surface area contributed by atoms with Crippen LogP contribution in [-0.4, -0.2) is 26.3 Å². The quantitative estimate of drug-likeness (QED) is 0.0300. The van der Waals surface area contributed by atoms with Crippen LogP contribution in [0.1, 0.15) is 5.56 Å². The van der Waals surface area contributed by atoms with E-state index in [1.807, 2.05) is 220 Å². The second kappa shape index (κ2) is 37.0. The summed E-state index contributed by atoms with van der Waals surface area (Å²) in [6.07, 6.45) is 10.4. The Morgan fingerprint density at radius 3 is 1.17 bits per heavy atom. The maximum Gasteiger partial charge on any atom is 0.211 e. The molecule has 0 amide bonds. The van der Waals surface area contributed by atoms with Crippen molar-refractivity contribution in [1.29, 1.82) is 0 Å². The number of allylic oxidation sites excluding steroid dienone is 1. The van der Waals surface area contributed by atoms with Crippen LogP contribution in [-0.2, 0) is 6.42 Å². The van der Waals surface area contributed by atoms with Crippen molar-refractivity contribution in [3.63, 3.8) is 0 Å². The van der Waals surface area contributed by atoms with Gasteiger partial charge in [0.1, 0.15) is 69.3 Å². The first-order chi connectivity index (χ1) is 52.7. The van der Waals surface area contributed by atoms with E-state index in [1.54, 1.807) is 48.5 Å². The van der Waals surface area contributed by atoms with E-state index < -0.39 is 0 Å². The molecule has 0 aliphatic rings. The molecule has 0 fully saturated rings. The van der Waals surface area contributed by atoms with Crippen LogP contribution < -0.4 is 18.9 Å². The number of ether oxygens (including phenoxy) is 4. The molecule has 0 aliphatic heterocycles. The zero-order valence-electron chi connectivity index (χ0n) is 56.9. The minimum atomic E-state index is -0.298. The normalized spacial score (nSPS) is 10.2. The Labute approximate surface area is 648 Å². The average molecular weight is 1620 g/mol. The van der Waals surface area contributed by atoms with Gasteiger partial charge in [-0.15, -0.1) is 6.58 Å². The molecule has 525 valence electrons. The molecule has 13 nitrogen and oxygen atoms in total. The van der Waals surface area contributed by atoms with Crippen molar-refractivity contribution < 1.29 is 36.5 Å². The summed E-state index contributed by atoms with van der Waals surface area (Å²) in [6.45, 7) is 33.0. The SMILES string of the molecule is Fc1ccc(Oc2ccc(I)cc2)cc1.[B]=NS.[C-]#[N+]c1cccc2c(Br)cn(-c3ccc(Oc4ccc(F)cc4)cc3)c12.[C-]#[N+]c1cccc2c(CC=C)cn(-c3ccc(Oc4ccc(F)cc4)cc3)c12.[C-]#[N+]c1cccc2cc[nH]c12.[C-]#[N+]c1cccc2ccn(-c3ccc(Oc4ccc(F)cc4)cc3)c12. The van der Waals surface area contributed by atoms with E-state index in [0.717, 1.165) is 86.5 Å². The Hall–Kier alpha value is -13.2. The number of nitrogens with one attached hydrogen (secondary N) is 1. The van der Waals surface area contributed by atoms with Gasteiger partial charge in [0.05, 0.1) is 48.4 Å². The fraction of sp³-hybridized carbons (Fsp3) is 0.0115. The van der Waals surface area contributed by atoms with Crippen LogP contribution in [0.2, 0.25) is 0 Å². The van der Waals surface area contributed by atoms with Crippen LogP contribution in [0.3, 0.4) is 0 Å². The van der Waals surface area contributed by atoms with Gasteiger partial charge in [0.15, 0.2) is 0 Å². The van der Waals surface area contributed by atoms with Gasteiger partial charge in [0.25, 0.3) is 0 Å². The number of halogens is 6. The van der Waals surface area contributed by atoms with Gasteiger partial charge in [-0.25, -0.2) is 36.9 Å². The second-order valence-corrected chi connectivity index (χ2v) is 25.4. The summed E-state index contributed by atoms with van der Waals surface area (Å²) in [4.78, 5) is 17.3. The van der Waals surface area contributed by atoms with Gasteiger partial charge in [-0.1, -0.05) is 78.9 Å². The minimum absolute atomic E-state index is 0.259. The molecule has 21 heteroatoms. The van der Waals surface area contributed by atoms with E-state index in [9.17, 15) is 17.6 Å². The maximum atomic E-state index is 13.0. The fourth-order valence-electron chi connectivity index (χ4n) is 11.2. The molecule has 0 atom stereocenters. The summed E-state index contributed by atoms with van der Waals surface area (Å²) in [5.74, 6) is 3.94. The Morgan fingerprint density at radius 1 is 0.426 bits per heavy atom. The number of H-pyrrole nitrogens is 1. The number of rotatable bonds is 13. The molecule has 16 rings (SSSR count). The number of para-hydroxylation sites is 4. The molecule has 1 N–H and O–H groups in total. The van der Waals surface area contributed by atoms with Crippen molar-refractivity contribution in [1.82, 2.24) is 18.7 Å². The van der Waals surface area contributed by atoms with E-state index in [0.29, 0.717) is 63.0 Å². The van der Waals surface area contributed by atoms with Crippen LogP contribution in [0.4, 0.5) is 40.3 Å². The van der Waals surface area contributed by atoms with E-state index >= 15 is 0 Å². The molecule has 4 aromatic heterocycles.